The first kappa shape index (κ1) is 10.6. The van der Waals surface area contributed by atoms with E-state index < -0.39 is 0 Å². The summed E-state index contributed by atoms with van der Waals surface area (Å²) >= 11 is 0. The summed E-state index contributed by atoms with van der Waals surface area (Å²) in [6.07, 6.45) is 6.44. The number of hydrogen-bond donors (Lipinski definition) is 1. The fourth-order valence-electron chi connectivity index (χ4n) is 1.98. The first-order chi connectivity index (χ1) is 7.29. The fourth-order valence-corrected chi connectivity index (χ4v) is 1.98. The van der Waals surface area contributed by atoms with E-state index in [0.717, 1.165) is 12.8 Å². The van der Waals surface area contributed by atoms with Crippen LogP contribution < -0.4 is 5.32 Å². The lowest BCUT2D eigenvalue weighted by Gasteiger charge is -2.36. The molecule has 0 bridgehead atoms. The molecular weight excluding hydrogens is 188 g/mol. The molecule has 1 aromatic rings. The molecule has 1 heterocycles. The number of methoxy groups -OCH3 is 1. The Bertz CT molecular complexity index is 296. The van der Waals surface area contributed by atoms with Crippen LogP contribution in [0.2, 0.25) is 0 Å². The van der Waals surface area contributed by atoms with Crippen LogP contribution in [0.1, 0.15) is 31.4 Å². The molecule has 1 fully saturated rings. The van der Waals surface area contributed by atoms with Gasteiger partial charge in [-0.05, 0) is 31.4 Å². The number of nitrogens with zero attached hydrogens (tertiary/aromatic N) is 1. The second-order valence-electron chi connectivity index (χ2n) is 4.20. The largest absolute Gasteiger partial charge is 0.381 e. The van der Waals surface area contributed by atoms with Crippen LogP contribution in [-0.4, -0.2) is 24.2 Å². The van der Waals surface area contributed by atoms with Gasteiger partial charge in [0.25, 0.3) is 0 Å². The van der Waals surface area contributed by atoms with E-state index in [1.165, 1.54) is 5.56 Å². The number of aromatic nitrogens is 1. The second-order valence-corrected chi connectivity index (χ2v) is 4.20. The Balaban J connectivity index is 1.81. The van der Waals surface area contributed by atoms with Crippen molar-refractivity contribution in [3.63, 3.8) is 0 Å². The van der Waals surface area contributed by atoms with Crippen molar-refractivity contribution in [2.75, 3.05) is 7.11 Å². The van der Waals surface area contributed by atoms with E-state index in [1.807, 2.05) is 12.3 Å². The second kappa shape index (κ2) is 4.73. The third kappa shape index (κ3) is 2.55. The maximum Gasteiger partial charge on any atom is 0.0601 e. The lowest BCUT2D eigenvalue weighted by Crippen LogP contribution is -2.45. The third-order valence-electron chi connectivity index (χ3n) is 3.10. The summed E-state index contributed by atoms with van der Waals surface area (Å²) < 4.78 is 5.25. The summed E-state index contributed by atoms with van der Waals surface area (Å²) in [6.45, 7) is 2.18. The minimum Gasteiger partial charge on any atom is -0.381 e. The van der Waals surface area contributed by atoms with Gasteiger partial charge in [0.2, 0.25) is 0 Å². The summed E-state index contributed by atoms with van der Waals surface area (Å²) in [5.74, 6) is 0. The molecule has 0 spiro atoms. The fraction of sp³-hybridized carbons (Fsp3) is 0.583. The first-order valence-electron chi connectivity index (χ1n) is 5.48. The maximum absolute atomic E-state index is 5.25. The molecule has 0 saturated heterocycles. The summed E-state index contributed by atoms with van der Waals surface area (Å²) in [6, 6.07) is 5.07. The highest BCUT2D eigenvalue weighted by molar-refractivity contribution is 5.13. The van der Waals surface area contributed by atoms with Gasteiger partial charge in [0.15, 0.2) is 0 Å². The summed E-state index contributed by atoms with van der Waals surface area (Å²) in [4.78, 5) is 4.12. The molecule has 0 radical (unpaired) electrons. The van der Waals surface area contributed by atoms with Crippen molar-refractivity contribution < 1.29 is 4.74 Å². The van der Waals surface area contributed by atoms with Crippen LogP contribution in [0.25, 0.3) is 0 Å². The van der Waals surface area contributed by atoms with Crippen LogP contribution in [0, 0.1) is 0 Å². The SMILES string of the molecule is COC1CC(N[C@@H](C)c2cccnc2)C1. The van der Waals surface area contributed by atoms with Crippen molar-refractivity contribution in [1.29, 1.82) is 0 Å². The van der Waals surface area contributed by atoms with Crippen molar-refractivity contribution in [3.8, 4) is 0 Å². The Morgan fingerprint density at radius 2 is 2.33 bits per heavy atom. The van der Waals surface area contributed by atoms with Crippen molar-refractivity contribution in [2.24, 2.45) is 0 Å². The van der Waals surface area contributed by atoms with Crippen LogP contribution in [0.15, 0.2) is 24.5 Å². The van der Waals surface area contributed by atoms with Gasteiger partial charge in [-0.3, -0.25) is 4.98 Å². The van der Waals surface area contributed by atoms with Crippen LogP contribution in [0.5, 0.6) is 0 Å². The van der Waals surface area contributed by atoms with E-state index in [4.69, 9.17) is 4.74 Å². The van der Waals surface area contributed by atoms with Crippen LogP contribution >= 0.6 is 0 Å². The molecule has 1 aliphatic rings. The van der Waals surface area contributed by atoms with Gasteiger partial charge in [0.05, 0.1) is 6.10 Å². The number of nitrogens with one attached hydrogen (secondary N) is 1. The summed E-state index contributed by atoms with van der Waals surface area (Å²) in [5.41, 5.74) is 1.25. The first-order valence-corrected chi connectivity index (χ1v) is 5.48. The third-order valence-corrected chi connectivity index (χ3v) is 3.10. The highest BCUT2D eigenvalue weighted by atomic mass is 16.5. The number of pyridine rings is 1. The Morgan fingerprint density at radius 3 is 2.93 bits per heavy atom. The van der Waals surface area contributed by atoms with Gasteiger partial charge in [0.1, 0.15) is 0 Å². The lowest BCUT2D eigenvalue weighted by atomic mass is 9.88. The average molecular weight is 206 g/mol. The number of ether oxygens (including phenoxy) is 1. The molecule has 2 rings (SSSR count). The Kier molecular flexibility index (Phi) is 3.34. The van der Waals surface area contributed by atoms with Gasteiger partial charge in [-0.2, -0.15) is 0 Å². The highest BCUT2D eigenvalue weighted by Gasteiger charge is 2.29. The molecule has 82 valence electrons. The smallest absolute Gasteiger partial charge is 0.0601 e. The summed E-state index contributed by atoms with van der Waals surface area (Å²) in [7, 11) is 1.78. The molecular formula is C12H18N2O. The van der Waals surface area contributed by atoms with Gasteiger partial charge in [-0.15, -0.1) is 0 Å². The zero-order valence-electron chi connectivity index (χ0n) is 9.31. The molecule has 1 aromatic heterocycles. The van der Waals surface area contributed by atoms with Gasteiger partial charge in [-0.1, -0.05) is 6.07 Å². The molecule has 3 heteroatoms. The topological polar surface area (TPSA) is 34.1 Å². The van der Waals surface area contributed by atoms with Crippen LogP contribution in [0.3, 0.4) is 0 Å². The molecule has 1 aliphatic carbocycles. The predicted molar refractivity (Wildman–Crippen MR) is 59.6 cm³/mol. The molecule has 1 atom stereocenters. The van der Waals surface area contributed by atoms with Gasteiger partial charge < -0.3 is 10.1 Å². The molecule has 0 aliphatic heterocycles. The van der Waals surface area contributed by atoms with Gasteiger partial charge in [-0.25, -0.2) is 0 Å². The molecule has 0 amide bonds. The van der Waals surface area contributed by atoms with Crippen molar-refractivity contribution in [1.82, 2.24) is 10.3 Å². The molecule has 15 heavy (non-hydrogen) atoms. The maximum atomic E-state index is 5.25. The zero-order chi connectivity index (χ0) is 10.7. The minimum atomic E-state index is 0.376. The molecule has 1 saturated carbocycles. The van der Waals surface area contributed by atoms with Crippen LogP contribution in [-0.2, 0) is 4.74 Å². The van der Waals surface area contributed by atoms with E-state index in [1.54, 1.807) is 13.3 Å². The standard InChI is InChI=1S/C12H18N2O/c1-9(10-4-3-5-13-8-10)14-11-6-12(7-11)15-2/h3-5,8-9,11-12,14H,6-7H2,1-2H3/t9-,11?,12?/m0/s1. The van der Waals surface area contributed by atoms with E-state index >= 15 is 0 Å². The molecule has 1 N–H and O–H groups in total. The Labute approximate surface area is 90.9 Å². The highest BCUT2D eigenvalue weighted by Crippen LogP contribution is 2.25. The van der Waals surface area contributed by atoms with E-state index in [0.29, 0.717) is 18.2 Å². The quantitative estimate of drug-likeness (QED) is 0.817. The zero-order valence-corrected chi connectivity index (χ0v) is 9.31. The van der Waals surface area contributed by atoms with Crippen molar-refractivity contribution in [3.05, 3.63) is 30.1 Å². The van der Waals surface area contributed by atoms with E-state index in [9.17, 15) is 0 Å². The summed E-state index contributed by atoms with van der Waals surface area (Å²) in [5, 5.41) is 3.58. The van der Waals surface area contributed by atoms with Crippen molar-refractivity contribution in [2.45, 2.75) is 38.0 Å². The normalized spacial score (nSPS) is 27.1. The van der Waals surface area contributed by atoms with Crippen LogP contribution in [0.4, 0.5) is 0 Å². The molecule has 3 nitrogen and oxygen atoms in total. The van der Waals surface area contributed by atoms with Gasteiger partial charge in [0, 0.05) is 31.6 Å². The Hall–Kier alpha value is -0.930. The predicted octanol–water partition coefficient (Wildman–Crippen LogP) is 1.91. The number of hydrogen-bond acceptors (Lipinski definition) is 3. The average Bonchev–Trinajstić information content (AvgIpc) is 2.23. The monoisotopic (exact) mass is 206 g/mol. The Morgan fingerprint density at radius 1 is 1.53 bits per heavy atom. The minimum absolute atomic E-state index is 0.376. The van der Waals surface area contributed by atoms with E-state index in [-0.39, 0.29) is 0 Å². The molecule has 0 unspecified atom stereocenters. The number of rotatable bonds is 4. The van der Waals surface area contributed by atoms with Gasteiger partial charge >= 0.3 is 0 Å². The lowest BCUT2D eigenvalue weighted by molar-refractivity contribution is 0.0147. The van der Waals surface area contributed by atoms with Crippen molar-refractivity contribution >= 4 is 0 Å². The van der Waals surface area contributed by atoms with E-state index in [2.05, 4.69) is 23.3 Å². The molecule has 0 aromatic carbocycles.